The van der Waals surface area contributed by atoms with Crippen LogP contribution in [0.2, 0.25) is 0 Å². The lowest BCUT2D eigenvalue weighted by molar-refractivity contribution is 0.276. The van der Waals surface area contributed by atoms with Crippen molar-refractivity contribution in [2.24, 2.45) is 0 Å². The summed E-state index contributed by atoms with van der Waals surface area (Å²) in [6.07, 6.45) is 9.30. The summed E-state index contributed by atoms with van der Waals surface area (Å²) in [6, 6.07) is 0.531. The maximum Gasteiger partial charge on any atom is 0.0610 e. The smallest absolute Gasteiger partial charge is 0.0610 e. The molecule has 16 heavy (non-hydrogen) atoms. The van der Waals surface area contributed by atoms with Crippen LogP contribution in [0.1, 0.15) is 43.4 Å². The number of aliphatic hydroxyl groups excluding tert-OH is 1. The minimum atomic E-state index is 0.223. The van der Waals surface area contributed by atoms with Crippen molar-refractivity contribution in [3.8, 4) is 0 Å². The molecule has 0 saturated carbocycles. The highest BCUT2D eigenvalue weighted by Crippen LogP contribution is 2.30. The third-order valence-electron chi connectivity index (χ3n) is 3.31. The molecule has 1 unspecified atom stereocenters. The summed E-state index contributed by atoms with van der Waals surface area (Å²) in [6.45, 7) is 4.23. The molecule has 0 bridgehead atoms. The van der Waals surface area contributed by atoms with Crippen molar-refractivity contribution in [2.45, 2.75) is 45.2 Å². The van der Waals surface area contributed by atoms with Gasteiger partial charge in [-0.1, -0.05) is 6.92 Å². The highest BCUT2D eigenvalue weighted by molar-refractivity contribution is 5.30. The van der Waals surface area contributed by atoms with Crippen LogP contribution in [0.5, 0.6) is 0 Å². The van der Waals surface area contributed by atoms with E-state index in [1.165, 1.54) is 36.8 Å². The molecule has 1 heterocycles. The summed E-state index contributed by atoms with van der Waals surface area (Å²) in [4.78, 5) is 0. The average molecular weight is 222 g/mol. The fourth-order valence-electron chi connectivity index (χ4n) is 2.52. The number of hydrogen-bond donors (Lipinski definition) is 2. The standard InChI is InChI=1S/C13H22N2O/c1-2-6-14-13-5-3-4-11-9-15(7-8-16)10-12(11)13/h9-10,13-14,16H,2-8H2,1H3. The lowest BCUT2D eigenvalue weighted by atomic mass is 9.91. The summed E-state index contributed by atoms with van der Waals surface area (Å²) in [5.41, 5.74) is 2.92. The molecule has 0 spiro atoms. The first-order valence-electron chi connectivity index (χ1n) is 6.38. The van der Waals surface area contributed by atoms with E-state index in [9.17, 15) is 0 Å². The maximum atomic E-state index is 8.95. The normalized spacial score (nSPS) is 19.8. The predicted molar refractivity (Wildman–Crippen MR) is 65.5 cm³/mol. The van der Waals surface area contributed by atoms with Gasteiger partial charge in [0.1, 0.15) is 0 Å². The van der Waals surface area contributed by atoms with Gasteiger partial charge in [-0.2, -0.15) is 0 Å². The van der Waals surface area contributed by atoms with Crippen molar-refractivity contribution in [2.75, 3.05) is 13.2 Å². The zero-order chi connectivity index (χ0) is 11.4. The molecule has 2 N–H and O–H groups in total. The molecule has 1 atom stereocenters. The molecule has 1 aromatic rings. The lowest BCUT2D eigenvalue weighted by Crippen LogP contribution is -2.24. The molecule has 90 valence electrons. The van der Waals surface area contributed by atoms with Crippen molar-refractivity contribution >= 4 is 0 Å². The van der Waals surface area contributed by atoms with Crippen molar-refractivity contribution in [3.05, 3.63) is 23.5 Å². The van der Waals surface area contributed by atoms with Gasteiger partial charge < -0.3 is 15.0 Å². The highest BCUT2D eigenvalue weighted by atomic mass is 16.3. The number of hydrogen-bond acceptors (Lipinski definition) is 2. The summed E-state index contributed by atoms with van der Waals surface area (Å²) >= 11 is 0. The SMILES string of the molecule is CCCNC1CCCc2cn(CCO)cc21. The van der Waals surface area contributed by atoms with Gasteiger partial charge in [-0.15, -0.1) is 0 Å². The zero-order valence-electron chi connectivity index (χ0n) is 10.1. The number of aromatic nitrogens is 1. The fraction of sp³-hybridized carbons (Fsp3) is 0.692. The quantitative estimate of drug-likeness (QED) is 0.798. The molecule has 1 aromatic heterocycles. The van der Waals surface area contributed by atoms with E-state index in [-0.39, 0.29) is 6.61 Å². The van der Waals surface area contributed by atoms with E-state index in [1.54, 1.807) is 0 Å². The van der Waals surface area contributed by atoms with Crippen LogP contribution in [-0.2, 0) is 13.0 Å². The Labute approximate surface area is 97.5 Å². The Balaban J connectivity index is 2.10. The van der Waals surface area contributed by atoms with Crippen molar-refractivity contribution < 1.29 is 5.11 Å². The van der Waals surface area contributed by atoms with E-state index in [0.717, 1.165) is 6.54 Å². The van der Waals surface area contributed by atoms with E-state index >= 15 is 0 Å². The first kappa shape index (κ1) is 11.7. The first-order chi connectivity index (χ1) is 7.85. The van der Waals surface area contributed by atoms with Crippen molar-refractivity contribution in [1.82, 2.24) is 9.88 Å². The minimum absolute atomic E-state index is 0.223. The number of nitrogens with one attached hydrogen (secondary N) is 1. The van der Waals surface area contributed by atoms with Crippen LogP contribution in [-0.4, -0.2) is 22.8 Å². The van der Waals surface area contributed by atoms with Crippen LogP contribution in [0, 0.1) is 0 Å². The fourth-order valence-corrected chi connectivity index (χ4v) is 2.52. The van der Waals surface area contributed by atoms with Crippen LogP contribution < -0.4 is 5.32 Å². The molecule has 3 nitrogen and oxygen atoms in total. The number of aryl methyl sites for hydroxylation is 1. The molecule has 0 fully saturated rings. The first-order valence-corrected chi connectivity index (χ1v) is 6.38. The summed E-state index contributed by atoms with van der Waals surface area (Å²) in [7, 11) is 0. The summed E-state index contributed by atoms with van der Waals surface area (Å²) in [5.74, 6) is 0. The number of fused-ring (bicyclic) bond motifs is 1. The summed E-state index contributed by atoms with van der Waals surface area (Å²) in [5, 5.41) is 12.6. The number of nitrogens with zero attached hydrogens (tertiary/aromatic N) is 1. The zero-order valence-corrected chi connectivity index (χ0v) is 10.1. The van der Waals surface area contributed by atoms with E-state index in [2.05, 4.69) is 29.2 Å². The van der Waals surface area contributed by atoms with Gasteiger partial charge in [-0.05, 0) is 43.4 Å². The minimum Gasteiger partial charge on any atom is -0.395 e. The Morgan fingerprint density at radius 1 is 1.50 bits per heavy atom. The van der Waals surface area contributed by atoms with Gasteiger partial charge in [0.05, 0.1) is 6.61 Å². The molecular weight excluding hydrogens is 200 g/mol. The number of rotatable bonds is 5. The molecule has 2 rings (SSSR count). The molecule has 0 aromatic carbocycles. The van der Waals surface area contributed by atoms with Gasteiger partial charge in [0.15, 0.2) is 0 Å². The Hall–Kier alpha value is -0.800. The predicted octanol–water partition coefficient (Wildman–Crippen LogP) is 1.86. The monoisotopic (exact) mass is 222 g/mol. The molecule has 0 radical (unpaired) electrons. The third kappa shape index (κ3) is 2.47. The second kappa shape index (κ2) is 5.51. The van der Waals surface area contributed by atoms with Crippen LogP contribution >= 0.6 is 0 Å². The van der Waals surface area contributed by atoms with Gasteiger partial charge in [-0.25, -0.2) is 0 Å². The molecule has 0 saturated heterocycles. The van der Waals surface area contributed by atoms with Gasteiger partial charge >= 0.3 is 0 Å². The van der Waals surface area contributed by atoms with E-state index in [0.29, 0.717) is 12.6 Å². The van der Waals surface area contributed by atoms with Crippen molar-refractivity contribution in [3.63, 3.8) is 0 Å². The molecule has 0 amide bonds. The summed E-state index contributed by atoms with van der Waals surface area (Å²) < 4.78 is 2.12. The lowest BCUT2D eigenvalue weighted by Gasteiger charge is -2.23. The van der Waals surface area contributed by atoms with Crippen LogP contribution in [0.3, 0.4) is 0 Å². The topological polar surface area (TPSA) is 37.2 Å². The molecule has 0 aliphatic heterocycles. The van der Waals surface area contributed by atoms with E-state index in [4.69, 9.17) is 5.11 Å². The Morgan fingerprint density at radius 3 is 3.12 bits per heavy atom. The van der Waals surface area contributed by atoms with Gasteiger partial charge in [0.25, 0.3) is 0 Å². The van der Waals surface area contributed by atoms with Crippen LogP contribution in [0.4, 0.5) is 0 Å². The second-order valence-electron chi connectivity index (χ2n) is 4.60. The van der Waals surface area contributed by atoms with E-state index in [1.807, 2.05) is 0 Å². The largest absolute Gasteiger partial charge is 0.395 e. The molecule has 1 aliphatic carbocycles. The Bertz CT molecular complexity index is 333. The Morgan fingerprint density at radius 2 is 2.38 bits per heavy atom. The van der Waals surface area contributed by atoms with E-state index < -0.39 is 0 Å². The molecular formula is C13H22N2O. The Kier molecular flexibility index (Phi) is 4.02. The van der Waals surface area contributed by atoms with Crippen molar-refractivity contribution in [1.29, 1.82) is 0 Å². The average Bonchev–Trinajstić information content (AvgIpc) is 2.69. The second-order valence-corrected chi connectivity index (χ2v) is 4.60. The molecule has 3 heteroatoms. The van der Waals surface area contributed by atoms with Crippen LogP contribution in [0.15, 0.2) is 12.4 Å². The highest BCUT2D eigenvalue weighted by Gasteiger charge is 2.21. The van der Waals surface area contributed by atoms with Gasteiger partial charge in [0.2, 0.25) is 0 Å². The van der Waals surface area contributed by atoms with Gasteiger partial charge in [-0.3, -0.25) is 0 Å². The number of aliphatic hydroxyl groups is 1. The van der Waals surface area contributed by atoms with Crippen LogP contribution in [0.25, 0.3) is 0 Å². The molecule has 1 aliphatic rings. The van der Waals surface area contributed by atoms with Gasteiger partial charge in [0, 0.05) is 25.0 Å². The third-order valence-corrected chi connectivity index (χ3v) is 3.31. The maximum absolute atomic E-state index is 8.95.